The molecule has 2 rings (SSSR count). The maximum absolute atomic E-state index is 12.1. The zero-order valence-electron chi connectivity index (χ0n) is 16.7. The van der Waals surface area contributed by atoms with Gasteiger partial charge in [0.1, 0.15) is 4.90 Å². The van der Waals surface area contributed by atoms with Crippen LogP contribution in [0.25, 0.3) is 0 Å². The number of guanidine groups is 1. The molecule has 1 amide bonds. The molecule has 0 bridgehead atoms. The summed E-state index contributed by atoms with van der Waals surface area (Å²) in [5.74, 6) is 0.838. The molecule has 1 aliphatic rings. The van der Waals surface area contributed by atoms with Gasteiger partial charge in [0.25, 0.3) is 0 Å². The summed E-state index contributed by atoms with van der Waals surface area (Å²) in [6.07, 6.45) is 4.55. The van der Waals surface area contributed by atoms with Gasteiger partial charge in [0, 0.05) is 57.6 Å². The Labute approximate surface area is 167 Å². The maximum atomic E-state index is 12.1. The summed E-state index contributed by atoms with van der Waals surface area (Å²) in [5.41, 5.74) is 0. The topological polar surface area (TPSA) is 116 Å². The Bertz CT molecular complexity index is 759. The van der Waals surface area contributed by atoms with Crippen LogP contribution in [0.15, 0.2) is 34.4 Å². The molecule has 1 saturated heterocycles. The van der Waals surface area contributed by atoms with Crippen LogP contribution >= 0.6 is 0 Å². The highest BCUT2D eigenvalue weighted by Gasteiger charge is 2.24. The number of likely N-dealkylation sites (tertiary alicyclic amines) is 1. The van der Waals surface area contributed by atoms with E-state index in [1.165, 1.54) is 18.5 Å². The van der Waals surface area contributed by atoms with Crippen LogP contribution in [0.3, 0.4) is 0 Å². The molecule has 10 heteroatoms. The van der Waals surface area contributed by atoms with Gasteiger partial charge in [-0.05, 0) is 25.0 Å². The minimum Gasteiger partial charge on any atom is -0.355 e. The Morgan fingerprint density at radius 2 is 2.04 bits per heavy atom. The third-order valence-electron chi connectivity index (χ3n) is 4.52. The van der Waals surface area contributed by atoms with Crippen molar-refractivity contribution in [1.29, 1.82) is 0 Å². The van der Waals surface area contributed by atoms with Crippen LogP contribution in [0.5, 0.6) is 0 Å². The first-order chi connectivity index (χ1) is 13.3. The molecule has 0 atom stereocenters. The number of hydrogen-bond acceptors (Lipinski definition) is 5. The Morgan fingerprint density at radius 1 is 1.32 bits per heavy atom. The fourth-order valence-electron chi connectivity index (χ4n) is 2.95. The third kappa shape index (κ3) is 6.45. The second-order valence-electron chi connectivity index (χ2n) is 6.98. The largest absolute Gasteiger partial charge is 0.355 e. The maximum Gasteiger partial charge on any atom is 0.242 e. The Balaban J connectivity index is 1.72. The molecule has 0 unspecified atom stereocenters. The van der Waals surface area contributed by atoms with E-state index < -0.39 is 10.0 Å². The summed E-state index contributed by atoms with van der Waals surface area (Å²) in [5, 5.41) is 6.45. The Morgan fingerprint density at radius 3 is 2.61 bits per heavy atom. The Kier molecular flexibility index (Phi) is 8.18. The number of piperidine rings is 1. The Hall–Kier alpha value is -2.20. The first-order valence-electron chi connectivity index (χ1n) is 9.49. The molecule has 1 fully saturated rings. The van der Waals surface area contributed by atoms with Crippen LogP contribution in [-0.2, 0) is 14.8 Å². The number of sulfonamides is 1. The minimum atomic E-state index is -3.56. The fourth-order valence-corrected chi connectivity index (χ4v) is 3.95. The summed E-state index contributed by atoms with van der Waals surface area (Å²) >= 11 is 0. The predicted molar refractivity (Wildman–Crippen MR) is 108 cm³/mol. The van der Waals surface area contributed by atoms with Crippen molar-refractivity contribution in [3.63, 3.8) is 0 Å². The number of rotatable bonds is 7. The smallest absolute Gasteiger partial charge is 0.242 e. The van der Waals surface area contributed by atoms with Gasteiger partial charge in [0.2, 0.25) is 15.9 Å². The van der Waals surface area contributed by atoms with Crippen molar-refractivity contribution in [3.8, 4) is 0 Å². The van der Waals surface area contributed by atoms with Crippen molar-refractivity contribution < 1.29 is 13.2 Å². The number of amides is 1. The van der Waals surface area contributed by atoms with Crippen molar-refractivity contribution in [2.45, 2.75) is 37.6 Å². The zero-order chi connectivity index (χ0) is 20.6. The van der Waals surface area contributed by atoms with E-state index >= 15 is 0 Å². The lowest BCUT2D eigenvalue weighted by Crippen LogP contribution is -2.51. The number of aliphatic imine (C=N–C) groups is 1. The highest BCUT2D eigenvalue weighted by molar-refractivity contribution is 7.89. The average molecular weight is 411 g/mol. The molecule has 9 nitrogen and oxygen atoms in total. The minimum absolute atomic E-state index is 0.0226. The summed E-state index contributed by atoms with van der Waals surface area (Å²) in [4.78, 5) is 22.1. The number of nitrogens with zero attached hydrogens (tertiary/aromatic N) is 3. The molecule has 0 radical (unpaired) electrons. The lowest BCUT2D eigenvalue weighted by atomic mass is 10.0. The van der Waals surface area contributed by atoms with E-state index in [0.717, 1.165) is 25.9 Å². The van der Waals surface area contributed by atoms with E-state index in [1.54, 1.807) is 13.1 Å². The van der Waals surface area contributed by atoms with Gasteiger partial charge in [0.15, 0.2) is 5.96 Å². The first kappa shape index (κ1) is 22.1. The molecule has 3 N–H and O–H groups in total. The number of pyridine rings is 1. The molecule has 28 heavy (non-hydrogen) atoms. The van der Waals surface area contributed by atoms with E-state index in [4.69, 9.17) is 0 Å². The van der Waals surface area contributed by atoms with Gasteiger partial charge in [-0.1, -0.05) is 13.8 Å². The van der Waals surface area contributed by atoms with Gasteiger partial charge in [0.05, 0.1) is 0 Å². The van der Waals surface area contributed by atoms with Gasteiger partial charge < -0.3 is 15.5 Å². The molecule has 0 spiro atoms. The van der Waals surface area contributed by atoms with Crippen molar-refractivity contribution in [1.82, 2.24) is 25.2 Å². The molecule has 156 valence electrons. The molecular weight excluding hydrogens is 380 g/mol. The molecule has 1 aromatic rings. The van der Waals surface area contributed by atoms with Crippen LogP contribution in [0.1, 0.15) is 26.7 Å². The third-order valence-corrected chi connectivity index (χ3v) is 5.97. The van der Waals surface area contributed by atoms with Crippen LogP contribution < -0.4 is 15.4 Å². The molecule has 1 aromatic heterocycles. The normalized spacial score (nSPS) is 16.3. The number of nitrogens with one attached hydrogen (secondary N) is 3. The van der Waals surface area contributed by atoms with Crippen LogP contribution in [-0.4, -0.2) is 69.4 Å². The second kappa shape index (κ2) is 10.4. The standard InChI is InChI=1S/C18H30N6O3S/c1-14(2)17(25)24-11-6-15(7-12-24)23-18(19-3)21-9-10-22-28(26,27)16-5-4-8-20-13-16/h4-5,8,13-15,22H,6-7,9-12H2,1-3H3,(H2,19,21,23). The molecule has 2 heterocycles. The lowest BCUT2D eigenvalue weighted by molar-refractivity contribution is -0.135. The molecule has 1 aliphatic heterocycles. The van der Waals surface area contributed by atoms with E-state index in [9.17, 15) is 13.2 Å². The van der Waals surface area contributed by atoms with Gasteiger partial charge >= 0.3 is 0 Å². The summed E-state index contributed by atoms with van der Waals surface area (Å²) < 4.78 is 26.8. The quantitative estimate of drug-likeness (QED) is 0.335. The van der Waals surface area contributed by atoms with Crippen LogP contribution in [0.2, 0.25) is 0 Å². The first-order valence-corrected chi connectivity index (χ1v) is 11.0. The zero-order valence-corrected chi connectivity index (χ0v) is 17.5. The summed E-state index contributed by atoms with van der Waals surface area (Å²) in [6.45, 7) is 5.91. The van der Waals surface area contributed by atoms with Crippen molar-refractivity contribution >= 4 is 21.9 Å². The van der Waals surface area contributed by atoms with Crippen molar-refractivity contribution in [3.05, 3.63) is 24.5 Å². The van der Waals surface area contributed by atoms with Gasteiger partial charge in [-0.25, -0.2) is 13.1 Å². The SMILES string of the molecule is CN=C(NCCNS(=O)(=O)c1cccnc1)NC1CCN(C(=O)C(C)C)CC1. The highest BCUT2D eigenvalue weighted by atomic mass is 32.2. The predicted octanol–water partition coefficient (Wildman–Crippen LogP) is 0.172. The van der Waals surface area contributed by atoms with Gasteiger partial charge in [-0.15, -0.1) is 0 Å². The number of carbonyl (C=O) groups excluding carboxylic acids is 1. The number of carbonyl (C=O) groups is 1. The number of aromatic nitrogens is 1. The lowest BCUT2D eigenvalue weighted by Gasteiger charge is -2.34. The molecular formula is C18H30N6O3S. The number of hydrogen-bond donors (Lipinski definition) is 3. The summed E-state index contributed by atoms with van der Waals surface area (Å²) in [6, 6.07) is 3.31. The van der Waals surface area contributed by atoms with Gasteiger partial charge in [-0.2, -0.15) is 0 Å². The van der Waals surface area contributed by atoms with E-state index in [0.29, 0.717) is 12.5 Å². The summed E-state index contributed by atoms with van der Waals surface area (Å²) in [7, 11) is -1.89. The van der Waals surface area contributed by atoms with E-state index in [1.807, 2.05) is 18.7 Å². The monoisotopic (exact) mass is 410 g/mol. The van der Waals surface area contributed by atoms with E-state index in [-0.39, 0.29) is 29.3 Å². The van der Waals surface area contributed by atoms with Crippen molar-refractivity contribution in [2.75, 3.05) is 33.2 Å². The molecule has 0 aliphatic carbocycles. The van der Waals surface area contributed by atoms with Crippen molar-refractivity contribution in [2.24, 2.45) is 10.9 Å². The van der Waals surface area contributed by atoms with E-state index in [2.05, 4.69) is 25.3 Å². The second-order valence-corrected chi connectivity index (χ2v) is 8.75. The van der Waals surface area contributed by atoms with Gasteiger partial charge in [-0.3, -0.25) is 14.8 Å². The fraction of sp³-hybridized carbons (Fsp3) is 0.611. The molecule has 0 aromatic carbocycles. The molecule has 0 saturated carbocycles. The highest BCUT2D eigenvalue weighted by Crippen LogP contribution is 2.13. The van der Waals surface area contributed by atoms with Crippen LogP contribution in [0.4, 0.5) is 0 Å². The average Bonchev–Trinajstić information content (AvgIpc) is 2.70. The van der Waals surface area contributed by atoms with Crippen LogP contribution in [0, 0.1) is 5.92 Å².